The third-order valence-corrected chi connectivity index (χ3v) is 5.53. The molecule has 0 aromatic heterocycles. The molecule has 3 rings (SSSR count). The van der Waals surface area contributed by atoms with Gasteiger partial charge in [-0.15, -0.1) is 0 Å². The monoisotopic (exact) mass is 530 g/mol. The summed E-state index contributed by atoms with van der Waals surface area (Å²) in [5.41, 5.74) is 3.54. The Morgan fingerprint density at radius 1 is 0.868 bits per heavy atom. The van der Waals surface area contributed by atoms with Crippen LogP contribution in [0, 0.1) is 17.5 Å². The summed E-state index contributed by atoms with van der Waals surface area (Å²) in [6.07, 6.45) is -1.23. The zero-order valence-corrected chi connectivity index (χ0v) is 20.1. The highest BCUT2D eigenvalue weighted by Crippen LogP contribution is 2.22. The van der Waals surface area contributed by atoms with E-state index < -0.39 is 47.3 Å². The summed E-state index contributed by atoms with van der Waals surface area (Å²) in [5.74, 6) is -6.16. The van der Waals surface area contributed by atoms with Crippen LogP contribution in [-0.2, 0) is 16.1 Å². The summed E-state index contributed by atoms with van der Waals surface area (Å²) in [6, 6.07) is 13.8. The van der Waals surface area contributed by atoms with E-state index in [0.29, 0.717) is 5.69 Å². The van der Waals surface area contributed by atoms with Gasteiger partial charge in [0.2, 0.25) is 5.91 Å². The van der Waals surface area contributed by atoms with E-state index in [1.54, 1.807) is 36.4 Å². The third kappa shape index (κ3) is 7.16. The number of carbonyl (C=O) groups is 3. The van der Waals surface area contributed by atoms with Gasteiger partial charge >= 0.3 is 0 Å². The first-order chi connectivity index (χ1) is 18.1. The zero-order chi connectivity index (χ0) is 27.8. The Balaban J connectivity index is 1.54. The maximum atomic E-state index is 13.7. The van der Waals surface area contributed by atoms with Crippen LogP contribution in [0.25, 0.3) is 11.1 Å². The number of halogens is 3. The van der Waals surface area contributed by atoms with Crippen LogP contribution in [0.3, 0.4) is 0 Å². The second-order valence-corrected chi connectivity index (χ2v) is 8.31. The van der Waals surface area contributed by atoms with Crippen molar-refractivity contribution in [2.75, 3.05) is 11.9 Å². The average molecular weight is 531 g/mol. The van der Waals surface area contributed by atoms with Crippen molar-refractivity contribution in [3.8, 4) is 11.1 Å². The molecule has 2 atom stereocenters. The Hall–Kier alpha value is -4.26. The predicted octanol–water partition coefficient (Wildman–Crippen LogP) is 2.48. The topological polar surface area (TPSA) is 140 Å². The number of hydrogen-bond donors (Lipinski definition) is 6. The molecular formula is C26H25F3N4O5. The van der Waals surface area contributed by atoms with Gasteiger partial charge in [0.1, 0.15) is 6.04 Å². The molecular weight excluding hydrogens is 505 g/mol. The molecule has 0 saturated carbocycles. The molecule has 0 radical (unpaired) electrons. The van der Waals surface area contributed by atoms with Crippen LogP contribution < -0.4 is 21.4 Å². The summed E-state index contributed by atoms with van der Waals surface area (Å²) in [7, 11) is 0. The summed E-state index contributed by atoms with van der Waals surface area (Å²) in [4.78, 5) is 36.1. The lowest BCUT2D eigenvalue weighted by atomic mass is 10.0. The van der Waals surface area contributed by atoms with Crippen molar-refractivity contribution in [2.24, 2.45) is 0 Å². The molecule has 0 aliphatic heterocycles. The second-order valence-electron chi connectivity index (χ2n) is 8.31. The minimum atomic E-state index is -1.57. The van der Waals surface area contributed by atoms with Crippen LogP contribution >= 0.6 is 0 Å². The van der Waals surface area contributed by atoms with Gasteiger partial charge in [-0.1, -0.05) is 30.3 Å². The first-order valence-corrected chi connectivity index (χ1v) is 11.4. The van der Waals surface area contributed by atoms with Crippen molar-refractivity contribution in [3.63, 3.8) is 0 Å². The maximum absolute atomic E-state index is 13.7. The number of hydroxylamine groups is 1. The largest absolute Gasteiger partial charge is 0.391 e. The Morgan fingerprint density at radius 3 is 2.05 bits per heavy atom. The summed E-state index contributed by atoms with van der Waals surface area (Å²) < 4.78 is 40.0. The van der Waals surface area contributed by atoms with Crippen LogP contribution in [0.5, 0.6) is 0 Å². The Labute approximate surface area is 215 Å². The lowest BCUT2D eigenvalue weighted by Gasteiger charge is -2.19. The molecule has 0 unspecified atom stereocenters. The molecule has 3 aromatic rings. The van der Waals surface area contributed by atoms with Gasteiger partial charge in [-0.3, -0.25) is 19.6 Å². The average Bonchev–Trinajstić information content (AvgIpc) is 2.91. The fraction of sp³-hybridized carbons (Fsp3) is 0.192. The predicted molar refractivity (Wildman–Crippen MR) is 131 cm³/mol. The molecule has 0 bridgehead atoms. The molecule has 0 aliphatic rings. The number of aliphatic hydroxyl groups excluding tert-OH is 1. The fourth-order valence-electron chi connectivity index (χ4n) is 3.48. The molecule has 0 saturated heterocycles. The van der Waals surface area contributed by atoms with Crippen LogP contribution in [0.15, 0.2) is 60.7 Å². The van der Waals surface area contributed by atoms with Crippen LogP contribution in [-0.4, -0.2) is 46.7 Å². The first-order valence-electron chi connectivity index (χ1n) is 11.4. The van der Waals surface area contributed by atoms with E-state index in [1.165, 1.54) is 24.5 Å². The third-order valence-electron chi connectivity index (χ3n) is 5.53. The molecule has 6 N–H and O–H groups in total. The van der Waals surface area contributed by atoms with Gasteiger partial charge in [0.15, 0.2) is 17.5 Å². The van der Waals surface area contributed by atoms with Crippen LogP contribution in [0.2, 0.25) is 0 Å². The van der Waals surface area contributed by atoms with E-state index in [0.717, 1.165) is 23.3 Å². The van der Waals surface area contributed by atoms with E-state index in [1.807, 2.05) is 0 Å². The molecule has 3 aromatic carbocycles. The van der Waals surface area contributed by atoms with Crippen LogP contribution in [0.4, 0.5) is 18.9 Å². The molecule has 0 fully saturated rings. The fourth-order valence-corrected chi connectivity index (χ4v) is 3.48. The lowest BCUT2D eigenvalue weighted by molar-refractivity contribution is -0.133. The van der Waals surface area contributed by atoms with Crippen molar-refractivity contribution >= 4 is 23.4 Å². The molecule has 200 valence electrons. The number of amides is 3. The molecule has 12 heteroatoms. The number of hydrogen-bond acceptors (Lipinski definition) is 6. The standard InChI is InChI=1S/C26H25F3N4O5/c1-14(34)24(26(37)33-38)32-25(36)17-4-2-15(3-5-17)16-6-9-19(10-7-16)31-21(35)13-30-12-18-8-11-20(27)23(29)22(18)28/h2-11,14,24,30,34,38H,12-13H2,1H3,(H,31,35)(H,32,36)(H,33,37)/t14-,24+/m1/s1. The highest BCUT2D eigenvalue weighted by atomic mass is 19.2. The maximum Gasteiger partial charge on any atom is 0.268 e. The normalized spacial score (nSPS) is 12.4. The highest BCUT2D eigenvalue weighted by molar-refractivity contribution is 5.98. The number of benzene rings is 3. The van der Waals surface area contributed by atoms with Gasteiger partial charge in [-0.2, -0.15) is 0 Å². The van der Waals surface area contributed by atoms with Crippen molar-refractivity contribution in [1.29, 1.82) is 0 Å². The lowest BCUT2D eigenvalue weighted by Crippen LogP contribution is -2.51. The molecule has 3 amide bonds. The highest BCUT2D eigenvalue weighted by Gasteiger charge is 2.25. The van der Waals surface area contributed by atoms with Gasteiger partial charge in [-0.25, -0.2) is 18.7 Å². The number of anilines is 1. The molecule has 0 aliphatic carbocycles. The van der Waals surface area contributed by atoms with Crippen LogP contribution in [0.1, 0.15) is 22.8 Å². The SMILES string of the molecule is C[C@@H](O)[C@H](NC(=O)c1ccc(-c2ccc(NC(=O)CNCc3ccc(F)c(F)c3F)cc2)cc1)C(=O)NO. The van der Waals surface area contributed by atoms with Gasteiger partial charge in [0, 0.05) is 23.4 Å². The quantitative estimate of drug-likeness (QED) is 0.135. The van der Waals surface area contributed by atoms with Crippen molar-refractivity contribution in [1.82, 2.24) is 16.1 Å². The van der Waals surface area contributed by atoms with Gasteiger partial charge in [0.25, 0.3) is 11.8 Å². The number of rotatable bonds is 10. The molecule has 9 nitrogen and oxygen atoms in total. The van der Waals surface area contributed by atoms with Crippen molar-refractivity contribution in [2.45, 2.75) is 25.6 Å². The number of aliphatic hydroxyl groups is 1. The first kappa shape index (κ1) is 28.3. The Bertz CT molecular complexity index is 1300. The van der Waals surface area contributed by atoms with E-state index in [-0.39, 0.29) is 24.2 Å². The molecule has 0 spiro atoms. The van der Waals surface area contributed by atoms with E-state index in [2.05, 4.69) is 16.0 Å². The minimum Gasteiger partial charge on any atom is -0.391 e. The van der Waals surface area contributed by atoms with Gasteiger partial charge < -0.3 is 21.1 Å². The Morgan fingerprint density at radius 2 is 1.47 bits per heavy atom. The zero-order valence-electron chi connectivity index (χ0n) is 20.1. The van der Waals surface area contributed by atoms with E-state index in [9.17, 15) is 32.7 Å². The van der Waals surface area contributed by atoms with Gasteiger partial charge in [-0.05, 0) is 48.4 Å². The summed E-state index contributed by atoms with van der Waals surface area (Å²) in [6.45, 7) is 0.931. The number of carbonyl (C=O) groups excluding carboxylic acids is 3. The summed E-state index contributed by atoms with van der Waals surface area (Å²) in [5, 5.41) is 26.1. The van der Waals surface area contributed by atoms with Crippen molar-refractivity contribution < 1.29 is 37.9 Å². The minimum absolute atomic E-state index is 0.108. The molecule has 38 heavy (non-hydrogen) atoms. The summed E-state index contributed by atoms with van der Waals surface area (Å²) >= 11 is 0. The molecule has 0 heterocycles. The smallest absolute Gasteiger partial charge is 0.268 e. The van der Waals surface area contributed by atoms with E-state index >= 15 is 0 Å². The Kier molecular flexibility index (Phi) is 9.55. The van der Waals surface area contributed by atoms with E-state index in [4.69, 9.17) is 5.21 Å². The van der Waals surface area contributed by atoms with Gasteiger partial charge in [0.05, 0.1) is 12.6 Å². The van der Waals surface area contributed by atoms with Crippen molar-refractivity contribution in [3.05, 3.63) is 89.2 Å². The second kappa shape index (κ2) is 12.8. The number of nitrogens with one attached hydrogen (secondary N) is 4.